The first kappa shape index (κ1) is 13.3. The van der Waals surface area contributed by atoms with Crippen LogP contribution in [-0.4, -0.2) is 26.9 Å². The molecule has 0 aromatic heterocycles. The number of ether oxygens (including phenoxy) is 3. The van der Waals surface area contributed by atoms with Gasteiger partial charge in [0.25, 0.3) is 0 Å². The van der Waals surface area contributed by atoms with E-state index in [-0.39, 0.29) is 6.10 Å². The number of hydrogen-bond donors (Lipinski definition) is 0. The van der Waals surface area contributed by atoms with Crippen LogP contribution in [0, 0.1) is 0 Å². The van der Waals surface area contributed by atoms with Crippen LogP contribution in [-0.2, 0) is 10.1 Å². The largest absolute Gasteiger partial charge is 0.493 e. The first-order valence-electron chi connectivity index (χ1n) is 5.09. The second kappa shape index (κ2) is 6.76. The van der Waals surface area contributed by atoms with Crippen molar-refractivity contribution in [3.05, 3.63) is 23.8 Å². The van der Waals surface area contributed by atoms with Crippen LogP contribution in [0.1, 0.15) is 12.5 Å². The van der Waals surface area contributed by atoms with Gasteiger partial charge in [-0.15, -0.1) is 0 Å². The van der Waals surface area contributed by atoms with Crippen molar-refractivity contribution in [3.8, 4) is 11.5 Å². The molecule has 90 valence electrons. The van der Waals surface area contributed by atoms with E-state index in [4.69, 9.17) is 14.2 Å². The molecule has 0 N–H and O–H groups in total. The maximum Gasteiger partial charge on any atom is 0.161 e. The van der Waals surface area contributed by atoms with Crippen LogP contribution < -0.4 is 9.47 Å². The molecule has 0 aliphatic heterocycles. The van der Waals surface area contributed by atoms with E-state index in [0.717, 1.165) is 22.4 Å². The summed E-state index contributed by atoms with van der Waals surface area (Å²) in [4.78, 5) is 0. The zero-order valence-corrected chi connectivity index (χ0v) is 11.4. The van der Waals surface area contributed by atoms with Gasteiger partial charge in [0.1, 0.15) is 6.61 Å². The van der Waals surface area contributed by atoms with E-state index in [1.807, 2.05) is 25.1 Å². The summed E-state index contributed by atoms with van der Waals surface area (Å²) >= 11 is 3.40. The summed E-state index contributed by atoms with van der Waals surface area (Å²) in [5.41, 5.74) is 1.16. The molecule has 0 radical (unpaired) electrons. The highest BCUT2D eigenvalue weighted by atomic mass is 79.9. The molecule has 0 bridgehead atoms. The second-order valence-electron chi connectivity index (χ2n) is 3.48. The van der Waals surface area contributed by atoms with Gasteiger partial charge in [-0.05, 0) is 24.6 Å². The topological polar surface area (TPSA) is 27.7 Å². The lowest BCUT2D eigenvalue weighted by molar-refractivity contribution is 0.0706. The molecule has 0 fully saturated rings. The van der Waals surface area contributed by atoms with Crippen LogP contribution in [0.5, 0.6) is 11.5 Å². The number of halogens is 1. The summed E-state index contributed by atoms with van der Waals surface area (Å²) in [5.74, 6) is 1.50. The molecule has 1 atom stereocenters. The summed E-state index contributed by atoms with van der Waals surface area (Å²) < 4.78 is 16.0. The highest BCUT2D eigenvalue weighted by Gasteiger charge is 2.07. The molecule has 0 saturated carbocycles. The quantitative estimate of drug-likeness (QED) is 0.753. The van der Waals surface area contributed by atoms with E-state index in [0.29, 0.717) is 6.61 Å². The Hall–Kier alpha value is -0.740. The van der Waals surface area contributed by atoms with Crippen LogP contribution in [0.25, 0.3) is 0 Å². The van der Waals surface area contributed by atoms with Crippen molar-refractivity contribution < 1.29 is 14.2 Å². The third kappa shape index (κ3) is 3.68. The van der Waals surface area contributed by atoms with Crippen molar-refractivity contribution in [3.63, 3.8) is 0 Å². The maximum absolute atomic E-state index is 5.61. The van der Waals surface area contributed by atoms with Gasteiger partial charge in [0, 0.05) is 12.4 Å². The van der Waals surface area contributed by atoms with E-state index >= 15 is 0 Å². The highest BCUT2D eigenvalue weighted by molar-refractivity contribution is 9.08. The van der Waals surface area contributed by atoms with Crippen molar-refractivity contribution in [2.75, 3.05) is 20.8 Å². The van der Waals surface area contributed by atoms with Gasteiger partial charge in [-0.1, -0.05) is 22.0 Å². The van der Waals surface area contributed by atoms with Crippen LogP contribution in [0.4, 0.5) is 0 Å². The predicted molar refractivity (Wildman–Crippen MR) is 67.6 cm³/mol. The molecule has 1 rings (SSSR count). The summed E-state index contributed by atoms with van der Waals surface area (Å²) in [5, 5.41) is 0.804. The number of hydrogen-bond acceptors (Lipinski definition) is 3. The van der Waals surface area contributed by atoms with Gasteiger partial charge in [0.05, 0.1) is 13.2 Å². The fraction of sp³-hybridized carbons (Fsp3) is 0.500. The van der Waals surface area contributed by atoms with Gasteiger partial charge in [0.2, 0.25) is 0 Å². The monoisotopic (exact) mass is 288 g/mol. The number of alkyl halides is 1. The summed E-state index contributed by atoms with van der Waals surface area (Å²) in [7, 11) is 3.30. The van der Waals surface area contributed by atoms with Gasteiger partial charge >= 0.3 is 0 Å². The Morgan fingerprint density at radius 1 is 1.25 bits per heavy atom. The lowest BCUT2D eigenvalue weighted by Crippen LogP contribution is -2.16. The molecule has 0 spiro atoms. The minimum Gasteiger partial charge on any atom is -0.493 e. The Balaban J connectivity index is 2.71. The first-order chi connectivity index (χ1) is 7.71. The fourth-order valence-electron chi connectivity index (χ4n) is 1.19. The minimum atomic E-state index is 0.0700. The van der Waals surface area contributed by atoms with E-state index < -0.39 is 0 Å². The molecule has 1 unspecified atom stereocenters. The molecule has 0 aliphatic rings. The van der Waals surface area contributed by atoms with Gasteiger partial charge < -0.3 is 14.2 Å². The van der Waals surface area contributed by atoms with E-state index in [2.05, 4.69) is 15.9 Å². The smallest absolute Gasteiger partial charge is 0.161 e. The third-order valence-electron chi connectivity index (χ3n) is 2.26. The van der Waals surface area contributed by atoms with Crippen molar-refractivity contribution in [1.82, 2.24) is 0 Å². The Kier molecular flexibility index (Phi) is 5.63. The number of rotatable bonds is 6. The summed E-state index contributed by atoms with van der Waals surface area (Å²) in [6.45, 7) is 2.47. The Labute approximate surface area is 105 Å². The molecule has 0 amide bonds. The van der Waals surface area contributed by atoms with Gasteiger partial charge in [-0.2, -0.15) is 0 Å². The van der Waals surface area contributed by atoms with Gasteiger partial charge in [-0.3, -0.25) is 0 Å². The van der Waals surface area contributed by atoms with Crippen molar-refractivity contribution >= 4 is 15.9 Å². The fourth-order valence-corrected chi connectivity index (χ4v) is 1.54. The zero-order valence-electron chi connectivity index (χ0n) is 9.83. The lowest BCUT2D eigenvalue weighted by Gasteiger charge is -2.14. The average molecular weight is 289 g/mol. The zero-order chi connectivity index (χ0) is 12.0. The van der Waals surface area contributed by atoms with Crippen molar-refractivity contribution in [2.24, 2.45) is 0 Å². The molecule has 0 aliphatic carbocycles. The molecular weight excluding hydrogens is 272 g/mol. The SMILES string of the molecule is COc1cc(CBr)ccc1OCC(C)OC. The molecule has 1 aromatic rings. The lowest BCUT2D eigenvalue weighted by atomic mass is 10.2. The minimum absolute atomic E-state index is 0.0700. The molecule has 0 heterocycles. The molecule has 1 aromatic carbocycles. The number of methoxy groups -OCH3 is 2. The molecule has 0 saturated heterocycles. The van der Waals surface area contributed by atoms with Crippen molar-refractivity contribution in [1.29, 1.82) is 0 Å². The van der Waals surface area contributed by atoms with Gasteiger partial charge in [-0.25, -0.2) is 0 Å². The third-order valence-corrected chi connectivity index (χ3v) is 2.91. The number of benzene rings is 1. The summed E-state index contributed by atoms with van der Waals surface area (Å²) in [6.07, 6.45) is 0.0700. The molecule has 4 heteroatoms. The van der Waals surface area contributed by atoms with E-state index in [1.165, 1.54) is 0 Å². The first-order valence-corrected chi connectivity index (χ1v) is 6.22. The van der Waals surface area contributed by atoms with Crippen LogP contribution in [0.2, 0.25) is 0 Å². The standard InChI is InChI=1S/C12H17BrO3/c1-9(14-2)8-16-11-5-4-10(7-13)6-12(11)15-3/h4-6,9H,7-8H2,1-3H3. The average Bonchev–Trinajstić information content (AvgIpc) is 2.35. The Morgan fingerprint density at radius 2 is 2.00 bits per heavy atom. The van der Waals surface area contributed by atoms with E-state index in [1.54, 1.807) is 14.2 Å². The summed E-state index contributed by atoms with van der Waals surface area (Å²) in [6, 6.07) is 5.88. The van der Waals surface area contributed by atoms with Crippen LogP contribution in [0.3, 0.4) is 0 Å². The molecule has 3 nitrogen and oxygen atoms in total. The Bertz CT molecular complexity index is 328. The van der Waals surface area contributed by atoms with Crippen molar-refractivity contribution in [2.45, 2.75) is 18.4 Å². The van der Waals surface area contributed by atoms with Crippen LogP contribution >= 0.6 is 15.9 Å². The second-order valence-corrected chi connectivity index (χ2v) is 4.04. The normalized spacial score (nSPS) is 12.2. The predicted octanol–water partition coefficient (Wildman–Crippen LogP) is 3.00. The van der Waals surface area contributed by atoms with Gasteiger partial charge in [0.15, 0.2) is 11.5 Å². The Morgan fingerprint density at radius 3 is 2.56 bits per heavy atom. The highest BCUT2D eigenvalue weighted by Crippen LogP contribution is 2.28. The maximum atomic E-state index is 5.61. The van der Waals surface area contributed by atoms with Crippen LogP contribution in [0.15, 0.2) is 18.2 Å². The van der Waals surface area contributed by atoms with E-state index in [9.17, 15) is 0 Å². The molecule has 16 heavy (non-hydrogen) atoms. The molecular formula is C12H17BrO3.